The van der Waals surface area contributed by atoms with Gasteiger partial charge in [-0.1, -0.05) is 47.5 Å². The summed E-state index contributed by atoms with van der Waals surface area (Å²) in [6.07, 6.45) is 1.78. The second kappa shape index (κ2) is 11.0. The lowest BCUT2D eigenvalue weighted by molar-refractivity contribution is -0.114. The van der Waals surface area contributed by atoms with E-state index in [1.54, 1.807) is 30.2 Å². The molecule has 0 saturated carbocycles. The monoisotopic (exact) mass is 590 g/mol. The summed E-state index contributed by atoms with van der Waals surface area (Å²) in [5.41, 5.74) is 2.72. The Balaban J connectivity index is 1.64. The highest BCUT2D eigenvalue weighted by Crippen LogP contribution is 2.39. The van der Waals surface area contributed by atoms with E-state index >= 15 is 0 Å². The second-order valence-electron chi connectivity index (χ2n) is 7.63. The fourth-order valence-corrected chi connectivity index (χ4v) is 4.91. The maximum atomic E-state index is 13.2. The first kappa shape index (κ1) is 25.5. The summed E-state index contributed by atoms with van der Waals surface area (Å²) in [5.74, 6) is 0.873. The van der Waals surface area contributed by atoms with Crippen LogP contribution in [0.1, 0.15) is 18.1 Å². The van der Waals surface area contributed by atoms with Gasteiger partial charge in [-0.2, -0.15) is 0 Å². The lowest BCUT2D eigenvalue weighted by Gasteiger charge is -2.16. The number of anilines is 1. The number of ether oxygens (including phenoxy) is 2. The lowest BCUT2D eigenvalue weighted by Crippen LogP contribution is -2.30. The molecule has 3 aromatic carbocycles. The predicted molar refractivity (Wildman–Crippen MR) is 148 cm³/mol. The molecule has 0 aliphatic carbocycles. The topological polar surface area (TPSA) is 42.0 Å². The van der Waals surface area contributed by atoms with E-state index in [1.807, 2.05) is 55.5 Å². The van der Waals surface area contributed by atoms with Gasteiger partial charge in [0.2, 0.25) is 0 Å². The van der Waals surface area contributed by atoms with Crippen molar-refractivity contribution in [1.29, 1.82) is 0 Å². The van der Waals surface area contributed by atoms with Crippen molar-refractivity contribution in [2.24, 2.45) is 0 Å². The first-order valence-corrected chi connectivity index (χ1v) is 12.7. The average Bonchev–Trinajstić information content (AvgIpc) is 3.03. The highest BCUT2D eigenvalue weighted by Gasteiger charge is 2.36. The van der Waals surface area contributed by atoms with Gasteiger partial charge in [0.05, 0.1) is 16.8 Å². The van der Waals surface area contributed by atoms with Crippen molar-refractivity contribution in [3.63, 3.8) is 0 Å². The Morgan fingerprint density at radius 1 is 1.06 bits per heavy atom. The van der Waals surface area contributed by atoms with Crippen LogP contribution in [0.25, 0.3) is 6.08 Å². The molecule has 0 aromatic heterocycles. The van der Waals surface area contributed by atoms with Gasteiger partial charge < -0.3 is 14.4 Å². The Morgan fingerprint density at radius 2 is 1.80 bits per heavy atom. The minimum Gasteiger partial charge on any atom is -0.490 e. The predicted octanol–water partition coefficient (Wildman–Crippen LogP) is 7.34. The number of hydrogen-bond acceptors (Lipinski definition) is 4. The van der Waals surface area contributed by atoms with Gasteiger partial charge in [0.1, 0.15) is 12.3 Å². The molecule has 0 bridgehead atoms. The highest BCUT2D eigenvalue weighted by atomic mass is 79.9. The van der Waals surface area contributed by atoms with Crippen LogP contribution in [0, 0.1) is 0 Å². The molecule has 0 atom stereocenters. The first-order chi connectivity index (χ1) is 16.8. The molecule has 35 heavy (non-hydrogen) atoms. The molecule has 1 heterocycles. The Labute approximate surface area is 228 Å². The minimum absolute atomic E-state index is 0.199. The van der Waals surface area contributed by atoms with Gasteiger partial charge in [-0.3, -0.25) is 9.69 Å². The van der Waals surface area contributed by atoms with Crippen LogP contribution in [-0.4, -0.2) is 29.6 Å². The van der Waals surface area contributed by atoms with Crippen molar-refractivity contribution in [2.45, 2.75) is 13.5 Å². The van der Waals surface area contributed by atoms with Crippen LogP contribution in [-0.2, 0) is 11.4 Å². The van der Waals surface area contributed by atoms with Crippen LogP contribution >= 0.6 is 51.3 Å². The SMILES string of the molecule is CCOc1cc(/C=C2/C(=O)N(c3ccccc3)C(=S)N2C)cc(Br)c1OCc1ccc(Cl)cc1Cl. The summed E-state index contributed by atoms with van der Waals surface area (Å²) >= 11 is 21.4. The van der Waals surface area contributed by atoms with E-state index < -0.39 is 0 Å². The molecule has 9 heteroatoms. The van der Waals surface area contributed by atoms with Crippen LogP contribution in [0.15, 0.2) is 70.8 Å². The number of rotatable bonds is 7. The lowest BCUT2D eigenvalue weighted by atomic mass is 10.1. The summed E-state index contributed by atoms with van der Waals surface area (Å²) in [7, 11) is 1.78. The normalized spacial score (nSPS) is 14.7. The van der Waals surface area contributed by atoms with Gasteiger partial charge in [-0.25, -0.2) is 0 Å². The summed E-state index contributed by atoms with van der Waals surface area (Å²) < 4.78 is 12.6. The summed E-state index contributed by atoms with van der Waals surface area (Å²) in [5, 5.41) is 1.50. The zero-order valence-corrected chi connectivity index (χ0v) is 22.8. The number of para-hydroxylation sites is 1. The molecule has 1 aliphatic rings. The molecule has 0 unspecified atom stereocenters. The van der Waals surface area contributed by atoms with Crippen LogP contribution < -0.4 is 14.4 Å². The molecule has 5 nitrogen and oxygen atoms in total. The van der Waals surface area contributed by atoms with Crippen LogP contribution in [0.2, 0.25) is 10.0 Å². The second-order valence-corrected chi connectivity index (χ2v) is 9.70. The summed E-state index contributed by atoms with van der Waals surface area (Å²) in [6, 6.07) is 18.3. The van der Waals surface area contributed by atoms with Gasteiger partial charge >= 0.3 is 0 Å². The molecular weight excluding hydrogens is 571 g/mol. The Kier molecular flexibility index (Phi) is 8.02. The molecule has 0 N–H and O–H groups in total. The van der Waals surface area contributed by atoms with Crippen LogP contribution in [0.3, 0.4) is 0 Å². The number of thiocarbonyl (C=S) groups is 1. The largest absolute Gasteiger partial charge is 0.490 e. The van der Waals surface area contributed by atoms with E-state index in [0.29, 0.717) is 43.4 Å². The van der Waals surface area contributed by atoms with Crippen molar-refractivity contribution in [2.75, 3.05) is 18.6 Å². The van der Waals surface area contributed by atoms with Gasteiger partial charge in [0, 0.05) is 22.7 Å². The quantitative estimate of drug-likeness (QED) is 0.212. The van der Waals surface area contributed by atoms with Crippen molar-refractivity contribution in [3.05, 3.63) is 92.0 Å². The Morgan fingerprint density at radius 3 is 2.49 bits per heavy atom. The van der Waals surface area contributed by atoms with Gasteiger partial charge in [0.25, 0.3) is 5.91 Å². The van der Waals surface area contributed by atoms with Gasteiger partial charge in [0.15, 0.2) is 16.6 Å². The fraction of sp³-hybridized carbons (Fsp3) is 0.154. The third-order valence-electron chi connectivity index (χ3n) is 5.30. The molecule has 0 spiro atoms. The number of carbonyl (C=O) groups is 1. The molecule has 1 fully saturated rings. The highest BCUT2D eigenvalue weighted by molar-refractivity contribution is 9.10. The summed E-state index contributed by atoms with van der Waals surface area (Å²) in [4.78, 5) is 16.5. The molecule has 1 amide bonds. The fourth-order valence-electron chi connectivity index (χ4n) is 3.58. The zero-order valence-electron chi connectivity index (χ0n) is 18.9. The standard InChI is InChI=1S/C26H21BrCl2N2O3S/c1-3-33-23-13-16(11-20(27)24(23)34-15-17-9-10-18(28)14-21(17)29)12-22-25(32)31(26(35)30(22)2)19-7-5-4-6-8-19/h4-14H,3,15H2,1-2H3/b22-12-. The van der Waals surface area contributed by atoms with E-state index in [2.05, 4.69) is 15.9 Å². The first-order valence-electron chi connectivity index (χ1n) is 10.7. The number of hydrogen-bond donors (Lipinski definition) is 0. The number of likely N-dealkylation sites (N-methyl/N-ethyl adjacent to an activating group) is 1. The Bertz CT molecular complexity index is 1320. The van der Waals surface area contributed by atoms with Crippen molar-refractivity contribution < 1.29 is 14.3 Å². The molecule has 180 valence electrons. The number of nitrogens with zero attached hydrogens (tertiary/aromatic N) is 2. The molecular formula is C26H21BrCl2N2O3S. The molecule has 3 aromatic rings. The number of carbonyl (C=O) groups excluding carboxylic acids is 1. The molecule has 1 aliphatic heterocycles. The smallest absolute Gasteiger partial charge is 0.281 e. The van der Waals surface area contributed by atoms with E-state index in [0.717, 1.165) is 16.8 Å². The third-order valence-corrected chi connectivity index (χ3v) is 6.93. The minimum atomic E-state index is -0.199. The summed E-state index contributed by atoms with van der Waals surface area (Å²) in [6.45, 7) is 2.56. The maximum Gasteiger partial charge on any atom is 0.281 e. The number of benzene rings is 3. The van der Waals surface area contributed by atoms with Crippen molar-refractivity contribution in [1.82, 2.24) is 4.90 Å². The van der Waals surface area contributed by atoms with E-state index in [1.165, 1.54) is 4.90 Å². The molecule has 1 saturated heterocycles. The van der Waals surface area contributed by atoms with Crippen molar-refractivity contribution >= 4 is 74.1 Å². The van der Waals surface area contributed by atoms with Crippen molar-refractivity contribution in [3.8, 4) is 11.5 Å². The third kappa shape index (κ3) is 5.48. The van der Waals surface area contributed by atoms with E-state index in [-0.39, 0.29) is 12.5 Å². The zero-order chi connectivity index (χ0) is 25.1. The van der Waals surface area contributed by atoms with Gasteiger partial charge in [-0.05, 0) is 83.1 Å². The van der Waals surface area contributed by atoms with Crippen LogP contribution in [0.5, 0.6) is 11.5 Å². The number of halogens is 3. The van der Waals surface area contributed by atoms with Crippen LogP contribution in [0.4, 0.5) is 5.69 Å². The Hall–Kier alpha value is -2.58. The number of amides is 1. The van der Waals surface area contributed by atoms with E-state index in [4.69, 9.17) is 44.9 Å². The van der Waals surface area contributed by atoms with E-state index in [9.17, 15) is 4.79 Å². The molecule has 0 radical (unpaired) electrons. The average molecular weight is 592 g/mol. The maximum absolute atomic E-state index is 13.2. The molecule has 4 rings (SSSR count). The van der Waals surface area contributed by atoms with Gasteiger partial charge in [-0.15, -0.1) is 0 Å².